The molecule has 0 aromatic heterocycles. The molecule has 0 bridgehead atoms. The van der Waals surface area contributed by atoms with Gasteiger partial charge in [-0.25, -0.2) is 12.7 Å². The highest BCUT2D eigenvalue weighted by molar-refractivity contribution is 7.89. The van der Waals surface area contributed by atoms with Gasteiger partial charge in [-0.1, -0.05) is 13.0 Å². The van der Waals surface area contributed by atoms with Crippen molar-refractivity contribution in [2.75, 3.05) is 30.3 Å². The summed E-state index contributed by atoms with van der Waals surface area (Å²) in [5.41, 5.74) is 0. The fraction of sp³-hybridized carbons (Fsp3) is 0.800. The highest BCUT2D eigenvalue weighted by Gasteiger charge is 2.27. The average Bonchev–Trinajstić information content (AvgIpc) is 2.37. The summed E-state index contributed by atoms with van der Waals surface area (Å²) < 4.78 is 36.8. The van der Waals surface area contributed by atoms with Crippen molar-refractivity contribution in [3.8, 4) is 0 Å². The monoisotopic (exact) mass is 265 g/mol. The lowest BCUT2D eigenvalue weighted by molar-refractivity contribution is 0.392. The first-order chi connectivity index (χ1) is 7.45. The van der Waals surface area contributed by atoms with Crippen molar-refractivity contribution >= 4 is 20.8 Å². The van der Waals surface area contributed by atoms with Crippen LogP contribution in [0.3, 0.4) is 0 Å². The van der Waals surface area contributed by atoms with Crippen molar-refractivity contribution in [1.82, 2.24) is 4.31 Å². The minimum Gasteiger partial charge on any atom is -0.260 e. The zero-order valence-electron chi connectivity index (χ0n) is 9.59. The van der Waals surface area contributed by atoms with E-state index in [-0.39, 0.29) is 11.7 Å². The van der Waals surface area contributed by atoms with Gasteiger partial charge in [-0.05, 0) is 12.3 Å². The summed E-state index contributed by atoms with van der Waals surface area (Å²) >= 11 is 0. The molecule has 0 unspecified atom stereocenters. The Hall–Kier alpha value is -0.200. The Bertz CT molecular complexity index is 364. The van der Waals surface area contributed by atoms with Crippen LogP contribution < -0.4 is 0 Å². The summed E-state index contributed by atoms with van der Waals surface area (Å²) in [7, 11) is -4.07. The quantitative estimate of drug-likeness (QED) is 0.699. The molecule has 1 fully saturated rings. The van der Waals surface area contributed by atoms with Crippen LogP contribution in [0.1, 0.15) is 13.3 Å². The minimum atomic E-state index is -3.20. The van der Waals surface area contributed by atoms with Gasteiger partial charge in [-0.3, -0.25) is 4.21 Å². The summed E-state index contributed by atoms with van der Waals surface area (Å²) in [5, 5.41) is 0. The summed E-state index contributed by atoms with van der Waals surface area (Å²) in [6.07, 6.45) is 2.08. The van der Waals surface area contributed by atoms with Crippen LogP contribution in [0.15, 0.2) is 12.7 Å². The third-order valence-corrected chi connectivity index (χ3v) is 5.98. The maximum atomic E-state index is 11.9. The molecule has 0 aliphatic carbocycles. The van der Waals surface area contributed by atoms with Crippen LogP contribution in [-0.2, 0) is 20.8 Å². The predicted octanol–water partition coefficient (Wildman–Crippen LogP) is 0.593. The molecule has 0 N–H and O–H groups in total. The molecule has 0 spiro atoms. The Morgan fingerprint density at radius 1 is 1.56 bits per heavy atom. The number of nitrogens with zero attached hydrogens (tertiary/aromatic N) is 1. The molecule has 1 aliphatic rings. The van der Waals surface area contributed by atoms with Gasteiger partial charge in [-0.2, -0.15) is 0 Å². The highest BCUT2D eigenvalue weighted by atomic mass is 32.2. The standard InChI is InChI=1S/C10H19NO3S2/c1-3-4-7-16(13,14)11-5-6-15(12)9-10(2)8-11/h3,10H,1,4-9H2,2H3/t10-,15+/m1/s1. The second-order valence-corrected chi connectivity index (χ2v) is 7.88. The summed E-state index contributed by atoms with van der Waals surface area (Å²) in [5.74, 6) is 1.34. The number of rotatable bonds is 4. The van der Waals surface area contributed by atoms with Crippen LogP contribution in [0.5, 0.6) is 0 Å². The van der Waals surface area contributed by atoms with Crippen LogP contribution in [0.25, 0.3) is 0 Å². The highest BCUT2D eigenvalue weighted by Crippen LogP contribution is 2.13. The van der Waals surface area contributed by atoms with E-state index in [0.717, 1.165) is 0 Å². The lowest BCUT2D eigenvalue weighted by atomic mass is 10.2. The smallest absolute Gasteiger partial charge is 0.214 e. The van der Waals surface area contributed by atoms with Gasteiger partial charge in [0.1, 0.15) is 0 Å². The Morgan fingerprint density at radius 2 is 2.25 bits per heavy atom. The van der Waals surface area contributed by atoms with Gasteiger partial charge in [0.15, 0.2) is 0 Å². The van der Waals surface area contributed by atoms with Crippen molar-refractivity contribution in [1.29, 1.82) is 0 Å². The lowest BCUT2D eigenvalue weighted by Gasteiger charge is -2.21. The molecule has 0 aromatic rings. The Kier molecular flexibility index (Phi) is 5.14. The third kappa shape index (κ3) is 3.99. The summed E-state index contributed by atoms with van der Waals surface area (Å²) in [4.78, 5) is 0. The SMILES string of the molecule is C=CCCS(=O)(=O)N1CC[S@](=O)C[C@H](C)C1. The second kappa shape index (κ2) is 5.93. The van der Waals surface area contributed by atoms with E-state index in [1.807, 2.05) is 6.92 Å². The fourth-order valence-corrected chi connectivity index (χ4v) is 4.73. The van der Waals surface area contributed by atoms with E-state index in [0.29, 0.717) is 31.0 Å². The molecule has 6 heteroatoms. The van der Waals surface area contributed by atoms with E-state index in [2.05, 4.69) is 6.58 Å². The largest absolute Gasteiger partial charge is 0.260 e. The summed E-state index contributed by atoms with van der Waals surface area (Å²) in [6, 6.07) is 0. The van der Waals surface area contributed by atoms with E-state index in [4.69, 9.17) is 0 Å². The van der Waals surface area contributed by atoms with Crippen molar-refractivity contribution in [2.24, 2.45) is 5.92 Å². The number of hydrogen-bond acceptors (Lipinski definition) is 3. The maximum absolute atomic E-state index is 11.9. The molecule has 0 amide bonds. The molecule has 0 aromatic carbocycles. The molecule has 16 heavy (non-hydrogen) atoms. The number of sulfonamides is 1. The van der Waals surface area contributed by atoms with E-state index < -0.39 is 20.8 Å². The molecule has 94 valence electrons. The van der Waals surface area contributed by atoms with Gasteiger partial charge in [-0.15, -0.1) is 6.58 Å². The molecule has 0 saturated carbocycles. The van der Waals surface area contributed by atoms with Gasteiger partial charge in [0, 0.05) is 35.4 Å². The number of allylic oxidation sites excluding steroid dienone is 1. The van der Waals surface area contributed by atoms with E-state index in [1.165, 1.54) is 4.31 Å². The first kappa shape index (κ1) is 13.9. The van der Waals surface area contributed by atoms with E-state index in [9.17, 15) is 12.6 Å². The molecular formula is C10H19NO3S2. The van der Waals surface area contributed by atoms with E-state index >= 15 is 0 Å². The summed E-state index contributed by atoms with van der Waals surface area (Å²) in [6.45, 7) is 6.34. The Balaban J connectivity index is 2.71. The normalized spacial score (nSPS) is 28.6. The van der Waals surface area contributed by atoms with Gasteiger partial charge in [0.25, 0.3) is 0 Å². The molecule has 1 saturated heterocycles. The van der Waals surface area contributed by atoms with Gasteiger partial charge in [0.05, 0.1) is 5.75 Å². The van der Waals surface area contributed by atoms with Gasteiger partial charge < -0.3 is 0 Å². The Morgan fingerprint density at radius 3 is 2.88 bits per heavy atom. The third-order valence-electron chi connectivity index (χ3n) is 2.53. The first-order valence-corrected chi connectivity index (χ1v) is 8.49. The second-order valence-electron chi connectivity index (χ2n) is 4.17. The van der Waals surface area contributed by atoms with Gasteiger partial charge in [0.2, 0.25) is 10.0 Å². The average molecular weight is 265 g/mol. The van der Waals surface area contributed by atoms with E-state index in [1.54, 1.807) is 6.08 Å². The Labute approximate surface area is 100 Å². The van der Waals surface area contributed by atoms with Crippen LogP contribution in [-0.4, -0.2) is 47.3 Å². The zero-order chi connectivity index (χ0) is 12.2. The molecule has 1 heterocycles. The van der Waals surface area contributed by atoms with Crippen molar-refractivity contribution < 1.29 is 12.6 Å². The van der Waals surface area contributed by atoms with Gasteiger partial charge >= 0.3 is 0 Å². The zero-order valence-corrected chi connectivity index (χ0v) is 11.2. The van der Waals surface area contributed by atoms with Crippen LogP contribution >= 0.6 is 0 Å². The number of hydrogen-bond donors (Lipinski definition) is 0. The predicted molar refractivity (Wildman–Crippen MR) is 67.2 cm³/mol. The van der Waals surface area contributed by atoms with Crippen molar-refractivity contribution in [2.45, 2.75) is 13.3 Å². The minimum absolute atomic E-state index is 0.107. The van der Waals surface area contributed by atoms with Crippen LogP contribution in [0, 0.1) is 5.92 Å². The molecular weight excluding hydrogens is 246 g/mol. The molecule has 0 radical (unpaired) electrons. The lowest BCUT2D eigenvalue weighted by Crippen LogP contribution is -2.36. The topological polar surface area (TPSA) is 54.5 Å². The van der Waals surface area contributed by atoms with Crippen molar-refractivity contribution in [3.63, 3.8) is 0 Å². The molecule has 1 rings (SSSR count). The molecule has 1 aliphatic heterocycles. The fourth-order valence-electron chi connectivity index (χ4n) is 1.71. The maximum Gasteiger partial charge on any atom is 0.214 e. The molecule has 2 atom stereocenters. The van der Waals surface area contributed by atoms with Crippen LogP contribution in [0.4, 0.5) is 0 Å². The van der Waals surface area contributed by atoms with Crippen molar-refractivity contribution in [3.05, 3.63) is 12.7 Å². The molecule has 4 nitrogen and oxygen atoms in total. The van der Waals surface area contributed by atoms with Crippen LogP contribution in [0.2, 0.25) is 0 Å². The first-order valence-electron chi connectivity index (χ1n) is 5.39.